The molecule has 1 heterocycles. The lowest BCUT2D eigenvalue weighted by molar-refractivity contribution is -0.357. The van der Waals surface area contributed by atoms with Crippen molar-refractivity contribution in [3.63, 3.8) is 0 Å². The fourth-order valence-electron chi connectivity index (χ4n) is 4.98. The summed E-state index contributed by atoms with van der Waals surface area (Å²) < 4.78 is 61.1. The number of benzene rings is 1. The molecule has 1 aromatic heterocycles. The molecule has 10 heteroatoms. The normalized spacial score (nSPS) is 31.4. The molecular formula is C21H21F4N3O3. The molecule has 2 aromatic rings. The van der Waals surface area contributed by atoms with Gasteiger partial charge in [-0.25, -0.2) is 9.37 Å². The second-order valence-electron chi connectivity index (χ2n) is 8.85. The number of amides is 1. The Labute approximate surface area is 175 Å². The maximum atomic E-state index is 13.4. The van der Waals surface area contributed by atoms with Gasteiger partial charge in [0.1, 0.15) is 12.4 Å². The summed E-state index contributed by atoms with van der Waals surface area (Å²) in [7, 11) is 0. The summed E-state index contributed by atoms with van der Waals surface area (Å²) in [5, 5.41) is 2.99. The van der Waals surface area contributed by atoms with Gasteiger partial charge in [-0.2, -0.15) is 0 Å². The molecule has 1 N–H and O–H groups in total. The summed E-state index contributed by atoms with van der Waals surface area (Å²) in [5.74, 6) is -0.577. The first-order valence-corrected chi connectivity index (χ1v) is 10.1. The van der Waals surface area contributed by atoms with E-state index in [2.05, 4.69) is 15.0 Å². The van der Waals surface area contributed by atoms with E-state index in [0.29, 0.717) is 11.3 Å². The highest BCUT2D eigenvalue weighted by Gasteiger charge is 2.69. The molecule has 0 radical (unpaired) electrons. The Balaban J connectivity index is 1.07. The number of hydrogen-bond donors (Lipinski definition) is 1. The van der Waals surface area contributed by atoms with Crippen molar-refractivity contribution in [2.75, 3.05) is 6.61 Å². The second kappa shape index (κ2) is 7.03. The van der Waals surface area contributed by atoms with Crippen molar-refractivity contribution < 1.29 is 31.8 Å². The number of carbonyl (C=O) groups excluding carboxylic acids is 1. The number of alkyl halides is 3. The van der Waals surface area contributed by atoms with E-state index in [1.54, 1.807) is 18.5 Å². The fraction of sp³-hybridized carbons (Fsp3) is 0.524. The number of nitrogens with zero attached hydrogens (tertiary/aromatic N) is 2. The third-order valence-electron chi connectivity index (χ3n) is 6.46. The fourth-order valence-corrected chi connectivity index (χ4v) is 4.98. The van der Waals surface area contributed by atoms with E-state index in [9.17, 15) is 22.4 Å². The number of rotatable bonds is 7. The Hall–Kier alpha value is -2.46. The molecule has 0 atom stereocenters. The van der Waals surface area contributed by atoms with Crippen LogP contribution in [0.1, 0.15) is 32.1 Å². The van der Waals surface area contributed by atoms with E-state index >= 15 is 0 Å². The van der Waals surface area contributed by atoms with Crippen molar-refractivity contribution in [1.29, 1.82) is 0 Å². The molecule has 4 aliphatic carbocycles. The Morgan fingerprint density at radius 3 is 2.65 bits per heavy atom. The van der Waals surface area contributed by atoms with Gasteiger partial charge < -0.3 is 14.6 Å². The SMILES string of the molecule is O=C(CO[C@H]1C[C@@H](OC(F)(F)F)C1)NC12CC(n3cnc(-c4cccc(F)c4)c3)(C1)C2. The molecule has 0 aliphatic heterocycles. The van der Waals surface area contributed by atoms with E-state index in [4.69, 9.17) is 4.74 Å². The smallest absolute Gasteiger partial charge is 0.368 e. The minimum atomic E-state index is -4.64. The number of nitrogens with one attached hydrogen (secondary N) is 1. The van der Waals surface area contributed by atoms with Crippen molar-refractivity contribution in [1.82, 2.24) is 14.9 Å². The van der Waals surface area contributed by atoms with Crippen LogP contribution in [0.3, 0.4) is 0 Å². The van der Waals surface area contributed by atoms with Crippen LogP contribution in [-0.2, 0) is 19.8 Å². The molecule has 1 aromatic carbocycles. The minimum absolute atomic E-state index is 0.0805. The van der Waals surface area contributed by atoms with E-state index in [0.717, 1.165) is 19.3 Å². The van der Waals surface area contributed by atoms with Gasteiger partial charge in [-0.3, -0.25) is 9.53 Å². The average Bonchev–Trinajstić information content (AvgIpc) is 3.07. The molecule has 0 unspecified atom stereocenters. The summed E-state index contributed by atoms with van der Waals surface area (Å²) in [5.41, 5.74) is 1.07. The van der Waals surface area contributed by atoms with Gasteiger partial charge in [0.2, 0.25) is 5.91 Å². The minimum Gasteiger partial charge on any atom is -0.368 e. The Morgan fingerprint density at radius 1 is 1.23 bits per heavy atom. The van der Waals surface area contributed by atoms with Crippen LogP contribution in [0.4, 0.5) is 17.6 Å². The summed E-state index contributed by atoms with van der Waals surface area (Å²) >= 11 is 0. The summed E-state index contributed by atoms with van der Waals surface area (Å²) in [6, 6.07) is 6.27. The van der Waals surface area contributed by atoms with E-state index in [-0.39, 0.29) is 48.4 Å². The Morgan fingerprint density at radius 2 is 1.97 bits per heavy atom. The highest BCUT2D eigenvalue weighted by molar-refractivity contribution is 5.79. The molecule has 4 saturated carbocycles. The van der Waals surface area contributed by atoms with Gasteiger partial charge >= 0.3 is 6.36 Å². The van der Waals surface area contributed by atoms with Gasteiger partial charge in [0.15, 0.2) is 0 Å². The van der Waals surface area contributed by atoms with Crippen LogP contribution in [-0.4, -0.2) is 46.2 Å². The van der Waals surface area contributed by atoms with Gasteiger partial charge in [0.25, 0.3) is 0 Å². The van der Waals surface area contributed by atoms with Crippen LogP contribution < -0.4 is 5.32 Å². The van der Waals surface area contributed by atoms with Crippen molar-refractivity contribution in [2.24, 2.45) is 0 Å². The van der Waals surface area contributed by atoms with E-state index in [1.165, 1.54) is 12.1 Å². The first kappa shape index (κ1) is 20.4. The zero-order valence-corrected chi connectivity index (χ0v) is 16.5. The van der Waals surface area contributed by atoms with Gasteiger partial charge in [0.05, 0.1) is 29.8 Å². The quantitative estimate of drug-likeness (QED) is 0.671. The van der Waals surface area contributed by atoms with Gasteiger partial charge in [-0.15, -0.1) is 13.2 Å². The standard InChI is InChI=1S/C21H21F4N3O3/c22-14-3-1-2-13(4-14)17-7-28(12-26-17)20-9-19(10-20,11-20)27-18(29)8-30-15-5-16(6-15)31-21(23,24)25/h1-4,7,12,15-16H,5-6,8-11H2,(H,27,29)/t15-,16+,19?,20?. The van der Waals surface area contributed by atoms with E-state index in [1.807, 2.05) is 10.8 Å². The molecule has 0 spiro atoms. The summed E-state index contributed by atoms with van der Waals surface area (Å²) in [6.07, 6.45) is 0.317. The number of carbonyl (C=O) groups is 1. The Bertz CT molecular complexity index is 980. The molecule has 31 heavy (non-hydrogen) atoms. The predicted octanol–water partition coefficient (Wildman–Crippen LogP) is 3.52. The number of hydrogen-bond acceptors (Lipinski definition) is 4. The largest absolute Gasteiger partial charge is 0.522 e. The van der Waals surface area contributed by atoms with Crippen LogP contribution in [0.5, 0.6) is 0 Å². The maximum absolute atomic E-state index is 13.4. The topological polar surface area (TPSA) is 65.4 Å². The zero-order valence-electron chi connectivity index (χ0n) is 16.5. The molecule has 6 rings (SSSR count). The first-order chi connectivity index (χ1) is 14.6. The lowest BCUT2D eigenvalue weighted by atomic mass is 9.44. The number of ether oxygens (including phenoxy) is 2. The molecule has 4 fully saturated rings. The first-order valence-electron chi connectivity index (χ1n) is 10.1. The van der Waals surface area contributed by atoms with Crippen molar-refractivity contribution >= 4 is 5.91 Å². The van der Waals surface area contributed by atoms with Crippen LogP contribution in [0.25, 0.3) is 11.3 Å². The molecule has 2 bridgehead atoms. The molecular weight excluding hydrogens is 418 g/mol. The molecule has 1 amide bonds. The molecule has 6 nitrogen and oxygen atoms in total. The third-order valence-corrected chi connectivity index (χ3v) is 6.46. The maximum Gasteiger partial charge on any atom is 0.522 e. The molecule has 166 valence electrons. The lowest BCUT2D eigenvalue weighted by Gasteiger charge is -2.70. The lowest BCUT2D eigenvalue weighted by Crippen LogP contribution is -2.78. The highest BCUT2D eigenvalue weighted by Crippen LogP contribution is 2.65. The number of aromatic nitrogens is 2. The second-order valence-corrected chi connectivity index (χ2v) is 8.85. The number of halogens is 4. The van der Waals surface area contributed by atoms with Crippen molar-refractivity contribution in [3.05, 3.63) is 42.6 Å². The summed E-state index contributed by atoms with van der Waals surface area (Å²) in [6.45, 7) is -0.174. The van der Waals surface area contributed by atoms with E-state index < -0.39 is 12.5 Å². The number of imidazole rings is 1. The molecule has 0 saturated heterocycles. The van der Waals surface area contributed by atoms with Crippen LogP contribution in [0.15, 0.2) is 36.8 Å². The summed E-state index contributed by atoms with van der Waals surface area (Å²) in [4.78, 5) is 16.6. The van der Waals surface area contributed by atoms with Gasteiger partial charge in [-0.1, -0.05) is 12.1 Å². The Kier molecular flexibility index (Phi) is 4.63. The average molecular weight is 439 g/mol. The van der Waals surface area contributed by atoms with Gasteiger partial charge in [0, 0.05) is 30.1 Å². The van der Waals surface area contributed by atoms with Crippen LogP contribution >= 0.6 is 0 Å². The van der Waals surface area contributed by atoms with Crippen molar-refractivity contribution in [2.45, 2.75) is 61.8 Å². The third kappa shape index (κ3) is 3.94. The van der Waals surface area contributed by atoms with Crippen LogP contribution in [0.2, 0.25) is 0 Å². The monoisotopic (exact) mass is 439 g/mol. The predicted molar refractivity (Wildman–Crippen MR) is 100 cm³/mol. The zero-order chi connectivity index (χ0) is 21.9. The molecule has 4 aliphatic rings. The van der Waals surface area contributed by atoms with Crippen molar-refractivity contribution in [3.8, 4) is 11.3 Å². The van der Waals surface area contributed by atoms with Gasteiger partial charge in [-0.05, 0) is 31.4 Å². The highest BCUT2D eigenvalue weighted by atomic mass is 19.4. The van der Waals surface area contributed by atoms with Crippen LogP contribution in [0, 0.1) is 5.82 Å².